The van der Waals surface area contributed by atoms with Gasteiger partial charge in [-0.15, -0.1) is 0 Å². The number of piperidine rings is 1. The molecule has 11 heavy (non-hydrogen) atoms. The van der Waals surface area contributed by atoms with Crippen molar-refractivity contribution >= 4 is 0 Å². The highest BCUT2D eigenvalue weighted by Crippen LogP contribution is 2.38. The van der Waals surface area contributed by atoms with E-state index in [2.05, 4.69) is 5.32 Å². The number of hydrogen-bond donors (Lipinski definition) is 2. The van der Waals surface area contributed by atoms with Crippen LogP contribution in [-0.4, -0.2) is 24.3 Å². The molecule has 2 heteroatoms. The fourth-order valence-corrected chi connectivity index (χ4v) is 2.19. The van der Waals surface area contributed by atoms with Crippen molar-refractivity contribution in [2.24, 2.45) is 11.8 Å². The van der Waals surface area contributed by atoms with E-state index in [1.54, 1.807) is 0 Å². The molecule has 0 unspecified atom stereocenters. The summed E-state index contributed by atoms with van der Waals surface area (Å²) in [6.07, 6.45) is 5.24. The first-order valence-corrected chi connectivity index (χ1v) is 4.76. The van der Waals surface area contributed by atoms with Crippen LogP contribution in [0.3, 0.4) is 0 Å². The smallest absolute Gasteiger partial charge is 0.0474 e. The van der Waals surface area contributed by atoms with E-state index in [4.69, 9.17) is 5.11 Å². The van der Waals surface area contributed by atoms with Gasteiger partial charge >= 0.3 is 0 Å². The average molecular weight is 155 g/mol. The van der Waals surface area contributed by atoms with Crippen LogP contribution >= 0.6 is 0 Å². The summed E-state index contributed by atoms with van der Waals surface area (Å²) in [5, 5.41) is 12.6. The van der Waals surface area contributed by atoms with Gasteiger partial charge in [0.15, 0.2) is 0 Å². The van der Waals surface area contributed by atoms with Crippen LogP contribution in [0.4, 0.5) is 0 Å². The zero-order valence-electron chi connectivity index (χ0n) is 6.92. The van der Waals surface area contributed by atoms with E-state index in [1.165, 1.54) is 25.7 Å². The maximum absolute atomic E-state index is 9.10. The van der Waals surface area contributed by atoms with Crippen molar-refractivity contribution in [3.63, 3.8) is 0 Å². The second kappa shape index (κ2) is 3.11. The molecule has 2 fully saturated rings. The molecule has 2 nitrogen and oxygen atoms in total. The van der Waals surface area contributed by atoms with Gasteiger partial charge in [0.2, 0.25) is 0 Å². The highest BCUT2D eigenvalue weighted by Gasteiger charge is 2.37. The van der Waals surface area contributed by atoms with E-state index in [1.807, 2.05) is 0 Å². The van der Waals surface area contributed by atoms with Gasteiger partial charge in [0.25, 0.3) is 0 Å². The van der Waals surface area contributed by atoms with Gasteiger partial charge < -0.3 is 10.4 Å². The summed E-state index contributed by atoms with van der Waals surface area (Å²) in [5.74, 6) is 1.45. The predicted octanol–water partition coefficient (Wildman–Crippen LogP) is 0.757. The van der Waals surface area contributed by atoms with Crippen LogP contribution in [0.25, 0.3) is 0 Å². The van der Waals surface area contributed by atoms with Crippen LogP contribution in [0, 0.1) is 11.8 Å². The lowest BCUT2D eigenvalue weighted by molar-refractivity contribution is 0.149. The third kappa shape index (κ3) is 1.57. The minimum Gasteiger partial charge on any atom is -0.396 e. The minimum atomic E-state index is 0.383. The van der Waals surface area contributed by atoms with E-state index in [0.29, 0.717) is 18.6 Å². The lowest BCUT2D eigenvalue weighted by Crippen LogP contribution is -2.44. The molecule has 0 bridgehead atoms. The Hall–Kier alpha value is -0.0800. The van der Waals surface area contributed by atoms with Crippen molar-refractivity contribution in [2.75, 3.05) is 13.2 Å². The average Bonchev–Trinajstić information content (AvgIpc) is 2.87. The Morgan fingerprint density at radius 3 is 2.73 bits per heavy atom. The molecule has 2 N–H and O–H groups in total. The SMILES string of the molecule is OC[C@H]1CCCN[C@@H]1C1CC1. The van der Waals surface area contributed by atoms with E-state index < -0.39 is 0 Å². The molecule has 0 aromatic heterocycles. The summed E-state index contributed by atoms with van der Waals surface area (Å²) in [6, 6.07) is 0.647. The van der Waals surface area contributed by atoms with Crippen molar-refractivity contribution in [1.82, 2.24) is 5.32 Å². The van der Waals surface area contributed by atoms with Gasteiger partial charge in [-0.1, -0.05) is 0 Å². The van der Waals surface area contributed by atoms with Gasteiger partial charge in [-0.25, -0.2) is 0 Å². The molecular formula is C9H17NO. The topological polar surface area (TPSA) is 32.3 Å². The van der Waals surface area contributed by atoms with E-state index in [-0.39, 0.29) is 0 Å². The van der Waals surface area contributed by atoms with Crippen molar-refractivity contribution < 1.29 is 5.11 Å². The highest BCUT2D eigenvalue weighted by atomic mass is 16.3. The molecule has 1 saturated heterocycles. The van der Waals surface area contributed by atoms with E-state index in [9.17, 15) is 0 Å². The highest BCUT2D eigenvalue weighted by molar-refractivity contribution is 4.92. The summed E-state index contributed by atoms with van der Waals surface area (Å²) in [4.78, 5) is 0. The molecule has 64 valence electrons. The Kier molecular flexibility index (Phi) is 2.14. The van der Waals surface area contributed by atoms with E-state index >= 15 is 0 Å². The van der Waals surface area contributed by atoms with Gasteiger partial charge in [0.05, 0.1) is 0 Å². The first kappa shape index (κ1) is 7.56. The Bertz CT molecular complexity index is 134. The summed E-state index contributed by atoms with van der Waals surface area (Å²) in [7, 11) is 0. The molecule has 2 rings (SSSR count). The number of rotatable bonds is 2. The standard InChI is InChI=1S/C9H17NO/c11-6-8-2-1-5-10-9(8)7-3-4-7/h7-11H,1-6H2/t8-,9-/m1/s1. The van der Waals surface area contributed by atoms with Gasteiger partial charge in [-0.2, -0.15) is 0 Å². The Labute approximate surface area is 68.0 Å². The summed E-state index contributed by atoms with van der Waals surface area (Å²) < 4.78 is 0. The zero-order valence-corrected chi connectivity index (χ0v) is 6.92. The van der Waals surface area contributed by atoms with Crippen LogP contribution in [0.2, 0.25) is 0 Å². The van der Waals surface area contributed by atoms with Gasteiger partial charge in [-0.3, -0.25) is 0 Å². The number of nitrogens with one attached hydrogen (secondary N) is 1. The van der Waals surface area contributed by atoms with Gasteiger partial charge in [0, 0.05) is 12.6 Å². The monoisotopic (exact) mass is 155 g/mol. The minimum absolute atomic E-state index is 0.383. The molecule has 0 spiro atoms. The zero-order chi connectivity index (χ0) is 7.68. The lowest BCUT2D eigenvalue weighted by atomic mass is 9.89. The van der Waals surface area contributed by atoms with E-state index in [0.717, 1.165) is 12.5 Å². The normalized spacial score (nSPS) is 39.0. The lowest BCUT2D eigenvalue weighted by Gasteiger charge is -2.31. The first-order chi connectivity index (χ1) is 5.42. The first-order valence-electron chi connectivity index (χ1n) is 4.76. The Balaban J connectivity index is 1.91. The second-order valence-corrected chi connectivity index (χ2v) is 3.90. The fourth-order valence-electron chi connectivity index (χ4n) is 2.19. The van der Waals surface area contributed by atoms with Crippen LogP contribution in [0.1, 0.15) is 25.7 Å². The molecule has 1 aliphatic heterocycles. The second-order valence-electron chi connectivity index (χ2n) is 3.90. The Morgan fingerprint density at radius 2 is 2.09 bits per heavy atom. The molecule has 1 saturated carbocycles. The number of hydrogen-bond acceptors (Lipinski definition) is 2. The maximum atomic E-state index is 9.10. The van der Waals surface area contributed by atoms with Crippen LogP contribution < -0.4 is 5.32 Å². The van der Waals surface area contributed by atoms with Crippen LogP contribution in [0.5, 0.6) is 0 Å². The third-order valence-electron chi connectivity index (χ3n) is 3.00. The molecule has 0 radical (unpaired) electrons. The van der Waals surface area contributed by atoms with Crippen molar-refractivity contribution in [2.45, 2.75) is 31.7 Å². The maximum Gasteiger partial charge on any atom is 0.0474 e. The number of aliphatic hydroxyl groups excluding tert-OH is 1. The van der Waals surface area contributed by atoms with Gasteiger partial charge in [0.1, 0.15) is 0 Å². The fraction of sp³-hybridized carbons (Fsp3) is 1.00. The quantitative estimate of drug-likeness (QED) is 0.617. The van der Waals surface area contributed by atoms with Crippen LogP contribution in [-0.2, 0) is 0 Å². The summed E-state index contributed by atoms with van der Waals surface area (Å²) in [5.41, 5.74) is 0. The molecular weight excluding hydrogens is 138 g/mol. The molecule has 0 aromatic carbocycles. The molecule has 2 atom stereocenters. The molecule has 0 aromatic rings. The predicted molar refractivity (Wildman–Crippen MR) is 44.3 cm³/mol. The van der Waals surface area contributed by atoms with Crippen LogP contribution in [0.15, 0.2) is 0 Å². The van der Waals surface area contributed by atoms with Crippen molar-refractivity contribution in [3.05, 3.63) is 0 Å². The Morgan fingerprint density at radius 1 is 1.27 bits per heavy atom. The molecule has 1 heterocycles. The van der Waals surface area contributed by atoms with Crippen molar-refractivity contribution in [3.8, 4) is 0 Å². The summed E-state index contributed by atoms with van der Waals surface area (Å²) >= 11 is 0. The summed E-state index contributed by atoms with van der Waals surface area (Å²) in [6.45, 7) is 1.55. The largest absolute Gasteiger partial charge is 0.396 e. The third-order valence-corrected chi connectivity index (χ3v) is 3.00. The molecule has 0 amide bonds. The molecule has 1 aliphatic carbocycles. The van der Waals surface area contributed by atoms with Gasteiger partial charge in [-0.05, 0) is 44.1 Å². The number of aliphatic hydroxyl groups is 1. The molecule has 2 aliphatic rings. The van der Waals surface area contributed by atoms with Crippen molar-refractivity contribution in [1.29, 1.82) is 0 Å².